The normalized spacial score (nSPS) is 21.6. The van der Waals surface area contributed by atoms with E-state index in [2.05, 4.69) is 97.9 Å². The highest BCUT2D eigenvalue weighted by molar-refractivity contribution is 7.95. The van der Waals surface area contributed by atoms with Gasteiger partial charge in [0, 0.05) is 23.3 Å². The molecule has 0 aliphatic heterocycles. The van der Waals surface area contributed by atoms with Crippen molar-refractivity contribution in [1.82, 2.24) is 0 Å². The number of rotatable bonds is 9. The summed E-state index contributed by atoms with van der Waals surface area (Å²) < 4.78 is 5.43. The molecule has 3 nitrogen and oxygen atoms in total. The molecule has 0 radical (unpaired) electrons. The molecule has 0 bridgehead atoms. The number of carbonyl (C=O) groups is 2. The van der Waals surface area contributed by atoms with Crippen molar-refractivity contribution < 1.29 is 31.3 Å². The molecule has 0 saturated heterocycles. The Morgan fingerprint density at radius 1 is 0.767 bits per heavy atom. The molecule has 6 rings (SSSR count). The molecule has 1 unspecified atom stereocenters. The van der Waals surface area contributed by atoms with Crippen LogP contribution in [0.25, 0.3) is 0 Å². The number of hydrogen-bond acceptors (Lipinski definition) is 3. The molecule has 0 N–H and O–H groups in total. The molecule has 2 aliphatic carbocycles. The fourth-order valence-corrected chi connectivity index (χ4v) is 12.4. The Kier molecular flexibility index (Phi) is 9.69. The summed E-state index contributed by atoms with van der Waals surface area (Å²) in [7, 11) is -0.419. The van der Waals surface area contributed by atoms with Gasteiger partial charge in [0.1, 0.15) is 34.7 Å². The molecule has 2 aliphatic rings. The summed E-state index contributed by atoms with van der Waals surface area (Å²) in [4.78, 5) is 28.1. The number of carbonyl (C=O) groups excluding carboxylic acids is 2. The van der Waals surface area contributed by atoms with Crippen molar-refractivity contribution in [2.75, 3.05) is 13.3 Å². The van der Waals surface area contributed by atoms with E-state index >= 15 is 0 Å². The highest BCUT2D eigenvalue weighted by atomic mass is 79.9. The number of hydrogen-bond donors (Lipinski definition) is 0. The summed E-state index contributed by atoms with van der Waals surface area (Å²) in [6, 6.07) is 38.6. The highest BCUT2D eigenvalue weighted by Crippen LogP contribution is 2.60. The zero-order valence-electron chi connectivity index (χ0n) is 25.0. The first kappa shape index (κ1) is 31.4. The minimum absolute atomic E-state index is 0. The van der Waals surface area contributed by atoms with Crippen molar-refractivity contribution in [3.8, 4) is 5.75 Å². The smallest absolute Gasteiger partial charge is 0.166 e. The van der Waals surface area contributed by atoms with Gasteiger partial charge in [-0.25, -0.2) is 0 Å². The van der Waals surface area contributed by atoms with Crippen LogP contribution in [-0.4, -0.2) is 24.8 Å². The second-order valence-electron chi connectivity index (χ2n) is 11.9. The van der Waals surface area contributed by atoms with Gasteiger partial charge >= 0.3 is 0 Å². The van der Waals surface area contributed by atoms with E-state index < -0.39 is 12.7 Å². The molecule has 222 valence electrons. The third-order valence-electron chi connectivity index (χ3n) is 10.2. The molecule has 4 aromatic rings. The molecule has 1 saturated carbocycles. The van der Waals surface area contributed by atoms with E-state index in [0.717, 1.165) is 55.1 Å². The van der Waals surface area contributed by atoms with E-state index in [1.807, 2.05) is 18.2 Å². The summed E-state index contributed by atoms with van der Waals surface area (Å²) in [6.45, 7) is 2.18. The quantitative estimate of drug-likeness (QED) is 0.254. The lowest BCUT2D eigenvalue weighted by atomic mass is 9.63. The van der Waals surface area contributed by atoms with Crippen LogP contribution in [0.4, 0.5) is 0 Å². The van der Waals surface area contributed by atoms with Crippen LogP contribution in [0.5, 0.6) is 5.75 Å². The summed E-state index contributed by atoms with van der Waals surface area (Å²) >= 11 is 0. The second-order valence-corrected chi connectivity index (χ2v) is 15.5. The largest absolute Gasteiger partial charge is 1.00 e. The standard InChI is InChI=1S/C38H40O3P.BrH/c1-3-38(35(23-24-36(38)39)34-21-19-28-27-29(41-2)20-22-33(28)37(34)40)25-26-42(30-13-7-4-8-14-30,31-15-9-5-10-16-31)32-17-11-6-12-18-32;/h4-18,20,22,27,34-35H,3,19,21,23-26H2,1-2H3;1H/q+1;/p-1/t34?,35-,38-;/m0./s1. The number of methoxy groups -OCH3 is 1. The van der Waals surface area contributed by atoms with Gasteiger partial charge in [-0.1, -0.05) is 61.5 Å². The predicted octanol–water partition coefficient (Wildman–Crippen LogP) is 4.20. The Balaban J connectivity index is 0.00000368. The van der Waals surface area contributed by atoms with Gasteiger partial charge in [-0.3, -0.25) is 9.59 Å². The van der Waals surface area contributed by atoms with Gasteiger partial charge in [-0.05, 0) is 98.2 Å². The van der Waals surface area contributed by atoms with Crippen LogP contribution in [0.3, 0.4) is 0 Å². The van der Waals surface area contributed by atoms with Crippen molar-refractivity contribution in [3.63, 3.8) is 0 Å². The monoisotopic (exact) mass is 654 g/mol. The van der Waals surface area contributed by atoms with Crippen molar-refractivity contribution in [3.05, 3.63) is 120 Å². The van der Waals surface area contributed by atoms with Crippen molar-refractivity contribution in [2.24, 2.45) is 17.3 Å². The summed E-state index contributed by atoms with van der Waals surface area (Å²) in [5.74, 6) is 1.32. The highest BCUT2D eigenvalue weighted by Gasteiger charge is 2.56. The minimum Gasteiger partial charge on any atom is -1.00 e. The Bertz CT molecular complexity index is 1460. The number of Topliss-reactive ketones (excluding diaryl/α,β-unsaturated/α-hetero) is 2. The van der Waals surface area contributed by atoms with E-state index in [0.29, 0.717) is 12.2 Å². The number of ketones is 2. The van der Waals surface area contributed by atoms with Crippen molar-refractivity contribution in [1.29, 1.82) is 0 Å². The number of benzene rings is 4. The number of fused-ring (bicyclic) bond motifs is 1. The van der Waals surface area contributed by atoms with E-state index in [4.69, 9.17) is 4.74 Å². The Morgan fingerprint density at radius 2 is 1.33 bits per heavy atom. The van der Waals surface area contributed by atoms with E-state index in [-0.39, 0.29) is 34.6 Å². The Morgan fingerprint density at radius 3 is 1.84 bits per heavy atom. The molecule has 0 aromatic heterocycles. The van der Waals surface area contributed by atoms with Gasteiger partial charge < -0.3 is 21.7 Å². The maximum absolute atomic E-state index is 14.0. The third-order valence-corrected chi connectivity index (χ3v) is 14.6. The average molecular weight is 656 g/mol. The van der Waals surface area contributed by atoms with E-state index in [1.165, 1.54) is 15.9 Å². The van der Waals surface area contributed by atoms with Crippen LogP contribution in [-0.2, 0) is 11.2 Å². The van der Waals surface area contributed by atoms with Gasteiger partial charge in [0.05, 0.1) is 13.3 Å². The van der Waals surface area contributed by atoms with Gasteiger partial charge in [0.25, 0.3) is 0 Å². The third kappa shape index (κ3) is 5.54. The number of aryl methyl sites for hydroxylation is 1. The Labute approximate surface area is 267 Å². The second kappa shape index (κ2) is 13.3. The first-order chi connectivity index (χ1) is 20.5. The SMILES string of the molecule is CC[C@@]1(CC[P+](c2ccccc2)(c2ccccc2)c2ccccc2)C(=O)CC[C@H]1C1CCc2cc(OC)ccc2C1=O.[Br-]. The average Bonchev–Trinajstić information content (AvgIpc) is 3.38. The van der Waals surface area contributed by atoms with Gasteiger partial charge in [-0.15, -0.1) is 0 Å². The number of ether oxygens (including phenoxy) is 1. The van der Waals surface area contributed by atoms with Crippen LogP contribution in [0.1, 0.15) is 54.9 Å². The molecule has 0 spiro atoms. The molecular formula is C38H40BrO3P. The molecule has 3 atom stereocenters. The van der Waals surface area contributed by atoms with Gasteiger partial charge in [0.15, 0.2) is 5.78 Å². The van der Waals surface area contributed by atoms with Crippen molar-refractivity contribution in [2.45, 2.75) is 45.4 Å². The van der Waals surface area contributed by atoms with E-state index in [9.17, 15) is 9.59 Å². The maximum atomic E-state index is 14.0. The first-order valence-corrected chi connectivity index (χ1v) is 17.3. The topological polar surface area (TPSA) is 43.4 Å². The number of halogens is 1. The molecule has 0 amide bonds. The molecular weight excluding hydrogens is 615 g/mol. The van der Waals surface area contributed by atoms with Crippen LogP contribution < -0.4 is 37.6 Å². The van der Waals surface area contributed by atoms with Crippen LogP contribution in [0, 0.1) is 17.3 Å². The zero-order chi connectivity index (χ0) is 29.2. The molecule has 5 heteroatoms. The fraction of sp³-hybridized carbons (Fsp3) is 0.316. The predicted molar refractivity (Wildman–Crippen MR) is 174 cm³/mol. The maximum Gasteiger partial charge on any atom is 0.166 e. The minimum atomic E-state index is -2.08. The van der Waals surface area contributed by atoms with Gasteiger partial charge in [0.2, 0.25) is 0 Å². The Hall–Kier alpha value is -3.07. The first-order valence-electron chi connectivity index (χ1n) is 15.3. The zero-order valence-corrected chi connectivity index (χ0v) is 27.5. The summed E-state index contributed by atoms with van der Waals surface area (Å²) in [6.07, 6.45) is 5.49. The van der Waals surface area contributed by atoms with E-state index in [1.54, 1.807) is 7.11 Å². The lowest BCUT2D eigenvalue weighted by Crippen LogP contribution is -3.00. The van der Waals surface area contributed by atoms with Crippen molar-refractivity contribution >= 4 is 34.7 Å². The summed E-state index contributed by atoms with van der Waals surface area (Å²) in [5.41, 5.74) is 1.40. The van der Waals surface area contributed by atoms with Crippen LogP contribution in [0.15, 0.2) is 109 Å². The van der Waals surface area contributed by atoms with Crippen LogP contribution in [0.2, 0.25) is 0 Å². The van der Waals surface area contributed by atoms with Crippen LogP contribution >= 0.6 is 7.26 Å². The molecule has 1 fully saturated rings. The molecule has 0 heterocycles. The molecule has 4 aromatic carbocycles. The lowest BCUT2D eigenvalue weighted by molar-refractivity contribution is -0.128. The lowest BCUT2D eigenvalue weighted by Gasteiger charge is -2.40. The summed E-state index contributed by atoms with van der Waals surface area (Å²) in [5, 5.41) is 4.02. The molecule has 43 heavy (non-hydrogen) atoms. The van der Waals surface area contributed by atoms with Gasteiger partial charge in [-0.2, -0.15) is 0 Å². The fourth-order valence-electron chi connectivity index (χ4n) is 7.99.